The van der Waals surface area contributed by atoms with Gasteiger partial charge < -0.3 is 32.7 Å². The van der Waals surface area contributed by atoms with Crippen LogP contribution in [0.5, 0.6) is 0 Å². The van der Waals surface area contributed by atoms with E-state index in [-0.39, 0.29) is 6.61 Å². The summed E-state index contributed by atoms with van der Waals surface area (Å²) in [6.07, 6.45) is -2.41. The molecule has 2 N–H and O–H groups in total. The van der Waals surface area contributed by atoms with Gasteiger partial charge in [-0.15, -0.1) is 0 Å². The van der Waals surface area contributed by atoms with Gasteiger partial charge in [0.1, 0.15) is 12.3 Å². The Bertz CT molecular complexity index is 845. The molecule has 6 atom stereocenters. The highest BCUT2D eigenvalue weighted by Crippen LogP contribution is 2.45. The Hall–Kier alpha value is -0.720. The van der Waals surface area contributed by atoms with Crippen molar-refractivity contribution in [2.45, 2.75) is 18.6 Å². The molecule has 12 nitrogen and oxygen atoms in total. The molecular weight excluding hydrogens is 438 g/mol. The molecule has 2 heterocycles. The Morgan fingerprint density at radius 1 is 1.39 bits per heavy atom. The standard InChI is InChI=1S/C13H22N2O10P2S/c1-20-6-8-10(25-26(28)21-2)12(23-7-27(18,19)22-3)24-11(8)15-5-4-9(16)14-13(15)17/h4-5,8,10-12,26H,6-7H2,1-3H3,(H,18,19)(H,14,16,17)/t8-,10+,11-,12+/m1/s1. The maximum atomic E-state index is 12.2. The van der Waals surface area contributed by atoms with Crippen LogP contribution in [0.4, 0.5) is 0 Å². The van der Waals surface area contributed by atoms with Crippen LogP contribution < -0.4 is 11.2 Å². The van der Waals surface area contributed by atoms with Gasteiger partial charge in [-0.05, 0) is 11.8 Å². The van der Waals surface area contributed by atoms with Gasteiger partial charge >= 0.3 is 13.3 Å². The van der Waals surface area contributed by atoms with Gasteiger partial charge in [0.2, 0.25) is 0 Å². The predicted molar refractivity (Wildman–Crippen MR) is 101 cm³/mol. The Balaban J connectivity index is 2.36. The minimum atomic E-state index is -3.99. The smallest absolute Gasteiger partial charge is 0.353 e. The number of nitrogens with zero attached hydrogens (tertiary/aromatic N) is 1. The Morgan fingerprint density at radius 2 is 2.11 bits per heavy atom. The van der Waals surface area contributed by atoms with Crippen molar-refractivity contribution < 1.29 is 37.2 Å². The predicted octanol–water partition coefficient (Wildman–Crippen LogP) is -0.00230. The highest BCUT2D eigenvalue weighted by Gasteiger charge is 2.48. The Kier molecular flexibility index (Phi) is 8.71. The topological polar surface area (TPSA) is 148 Å². The number of rotatable bonds is 10. The van der Waals surface area contributed by atoms with Crippen molar-refractivity contribution in [3.8, 4) is 0 Å². The lowest BCUT2D eigenvalue weighted by atomic mass is 10.0. The second-order valence-corrected chi connectivity index (χ2v) is 9.73. The normalized spacial score (nSPS) is 28.1. The van der Waals surface area contributed by atoms with Crippen molar-refractivity contribution in [3.63, 3.8) is 0 Å². The van der Waals surface area contributed by atoms with E-state index in [1.54, 1.807) is 0 Å². The molecule has 0 bridgehead atoms. The molecule has 1 aromatic heterocycles. The summed E-state index contributed by atoms with van der Waals surface area (Å²) in [4.78, 5) is 35.2. The van der Waals surface area contributed by atoms with Gasteiger partial charge in [0.15, 0.2) is 19.8 Å². The number of H-pyrrole nitrogens is 1. The summed E-state index contributed by atoms with van der Waals surface area (Å²) in [5, 5.41) is 0. The van der Waals surface area contributed by atoms with E-state index in [1.807, 2.05) is 0 Å². The molecule has 2 rings (SSSR count). The molecule has 1 aromatic rings. The monoisotopic (exact) mass is 460 g/mol. The molecule has 0 spiro atoms. The molecular formula is C13H22N2O10P2S. The molecule has 2 unspecified atom stereocenters. The van der Waals surface area contributed by atoms with Gasteiger partial charge in [-0.25, -0.2) is 4.79 Å². The number of aromatic nitrogens is 2. The molecule has 1 fully saturated rings. The molecule has 0 aliphatic carbocycles. The zero-order valence-electron chi connectivity index (χ0n) is 15.3. The lowest BCUT2D eigenvalue weighted by Crippen LogP contribution is -2.37. The number of hydrogen-bond acceptors (Lipinski definition) is 10. The van der Waals surface area contributed by atoms with Gasteiger partial charge in [0.25, 0.3) is 5.56 Å². The fourth-order valence-electron chi connectivity index (χ4n) is 2.61. The summed E-state index contributed by atoms with van der Waals surface area (Å²) in [5.41, 5.74) is -1.28. The lowest BCUT2D eigenvalue weighted by molar-refractivity contribution is -0.164. The molecule has 0 amide bonds. The van der Waals surface area contributed by atoms with Crippen LogP contribution in [0.3, 0.4) is 0 Å². The van der Waals surface area contributed by atoms with Gasteiger partial charge in [0.05, 0.1) is 12.5 Å². The van der Waals surface area contributed by atoms with E-state index in [1.165, 1.54) is 20.4 Å². The van der Waals surface area contributed by atoms with Gasteiger partial charge in [0, 0.05) is 33.6 Å². The van der Waals surface area contributed by atoms with Crippen molar-refractivity contribution >= 4 is 26.6 Å². The van der Waals surface area contributed by atoms with Crippen LogP contribution in [-0.2, 0) is 44.2 Å². The third kappa shape index (κ3) is 5.90. The van der Waals surface area contributed by atoms with Crippen molar-refractivity contribution in [2.24, 2.45) is 5.92 Å². The number of methoxy groups -OCH3 is 1. The third-order valence-corrected chi connectivity index (χ3v) is 6.53. The highest BCUT2D eigenvalue weighted by atomic mass is 32.4. The molecule has 0 radical (unpaired) electrons. The summed E-state index contributed by atoms with van der Waals surface area (Å²) in [6.45, 7) is 0.0794. The quantitative estimate of drug-likeness (QED) is 0.455. The van der Waals surface area contributed by atoms with Crippen LogP contribution >= 0.6 is 14.7 Å². The minimum Gasteiger partial charge on any atom is -0.384 e. The number of hydrogen-bond donors (Lipinski definition) is 2. The van der Waals surface area contributed by atoms with Crippen LogP contribution in [0, 0.1) is 5.92 Å². The van der Waals surface area contributed by atoms with Gasteiger partial charge in [-0.1, -0.05) is 0 Å². The average molecular weight is 460 g/mol. The SMILES string of the molecule is COC[C@@H]1[C@H](O[PH](=S)OC)[C@@H](OCP(=O)(O)OC)O[C@H]1n1ccc(=O)[nH]c1=O. The fourth-order valence-corrected chi connectivity index (χ4v) is 3.98. The zero-order valence-corrected chi connectivity index (χ0v) is 18.0. The molecule has 0 saturated carbocycles. The van der Waals surface area contributed by atoms with E-state index in [9.17, 15) is 19.0 Å². The van der Waals surface area contributed by atoms with E-state index in [0.717, 1.165) is 17.7 Å². The molecule has 0 aromatic carbocycles. The summed E-state index contributed by atoms with van der Waals surface area (Å²) in [6, 6.07) is 1.16. The number of nitrogens with one attached hydrogen (secondary N) is 1. The molecule has 1 saturated heterocycles. The first-order chi connectivity index (χ1) is 13.2. The lowest BCUT2D eigenvalue weighted by Gasteiger charge is -2.24. The van der Waals surface area contributed by atoms with Gasteiger partial charge in [-0.3, -0.25) is 18.9 Å². The van der Waals surface area contributed by atoms with Crippen LogP contribution in [0.1, 0.15) is 6.23 Å². The van der Waals surface area contributed by atoms with Gasteiger partial charge in [-0.2, -0.15) is 0 Å². The van der Waals surface area contributed by atoms with Crippen LogP contribution in [0.25, 0.3) is 0 Å². The zero-order chi connectivity index (χ0) is 20.9. The second-order valence-electron chi connectivity index (χ2n) is 5.68. The number of aromatic amines is 1. The summed E-state index contributed by atoms with van der Waals surface area (Å²) >= 11 is 5.10. The second kappa shape index (κ2) is 10.4. The molecule has 1 aliphatic rings. The highest BCUT2D eigenvalue weighted by molar-refractivity contribution is 8.00. The van der Waals surface area contributed by atoms with Crippen LogP contribution in [-0.4, -0.2) is 61.1 Å². The van der Waals surface area contributed by atoms with E-state index < -0.39 is 56.9 Å². The van der Waals surface area contributed by atoms with Crippen LogP contribution in [0.15, 0.2) is 21.9 Å². The van der Waals surface area contributed by atoms with Crippen molar-refractivity contribution in [3.05, 3.63) is 33.1 Å². The van der Waals surface area contributed by atoms with E-state index in [4.69, 9.17) is 35.1 Å². The fraction of sp³-hybridized carbons (Fsp3) is 0.692. The van der Waals surface area contributed by atoms with Crippen molar-refractivity contribution in [2.75, 3.05) is 34.3 Å². The van der Waals surface area contributed by atoms with Crippen LogP contribution in [0.2, 0.25) is 0 Å². The van der Waals surface area contributed by atoms with E-state index in [0.29, 0.717) is 0 Å². The molecule has 15 heteroatoms. The molecule has 28 heavy (non-hydrogen) atoms. The third-order valence-electron chi connectivity index (χ3n) is 3.90. The Labute approximate surface area is 165 Å². The van der Waals surface area contributed by atoms with Crippen molar-refractivity contribution in [1.82, 2.24) is 9.55 Å². The summed E-state index contributed by atoms with van der Waals surface area (Å²) in [7, 11) is -2.21. The molecule has 1 aliphatic heterocycles. The minimum absolute atomic E-state index is 0.0794. The first kappa shape index (κ1) is 23.6. The summed E-state index contributed by atoms with van der Waals surface area (Å²) in [5.74, 6) is -0.600. The Morgan fingerprint density at radius 3 is 2.68 bits per heavy atom. The van der Waals surface area contributed by atoms with E-state index in [2.05, 4.69) is 9.51 Å². The first-order valence-electron chi connectivity index (χ1n) is 7.92. The first-order valence-corrected chi connectivity index (χ1v) is 12.1. The molecule has 160 valence electrons. The maximum Gasteiger partial charge on any atom is 0.353 e. The largest absolute Gasteiger partial charge is 0.384 e. The maximum absolute atomic E-state index is 12.2. The van der Waals surface area contributed by atoms with E-state index >= 15 is 0 Å². The average Bonchev–Trinajstić information content (AvgIpc) is 2.98. The number of ether oxygens (including phenoxy) is 3. The van der Waals surface area contributed by atoms with Crippen molar-refractivity contribution in [1.29, 1.82) is 0 Å². The summed E-state index contributed by atoms with van der Waals surface area (Å²) < 4.78 is 44.5.